The first kappa shape index (κ1) is 21.7. The molecule has 1 aromatic carbocycles. The molecule has 0 saturated heterocycles. The Bertz CT molecular complexity index is 1610. The number of ether oxygens (including phenoxy) is 1. The highest BCUT2D eigenvalue weighted by Gasteiger charge is 2.26. The van der Waals surface area contributed by atoms with Crippen LogP contribution in [-0.2, 0) is 20.6 Å². The van der Waals surface area contributed by atoms with Crippen LogP contribution in [0.1, 0.15) is 28.5 Å². The zero-order valence-electron chi connectivity index (χ0n) is 19.2. The van der Waals surface area contributed by atoms with E-state index in [0.717, 1.165) is 0 Å². The first-order valence-electron chi connectivity index (χ1n) is 10.9. The number of H-pyrrole nitrogens is 1. The number of rotatable bonds is 1. The van der Waals surface area contributed by atoms with E-state index < -0.39 is 5.82 Å². The summed E-state index contributed by atoms with van der Waals surface area (Å²) in [5, 5.41) is 0.511. The Balaban J connectivity index is 1.93. The van der Waals surface area contributed by atoms with E-state index in [1.54, 1.807) is 45.5 Å². The lowest BCUT2D eigenvalue weighted by atomic mass is 10.0. The smallest absolute Gasteiger partial charge is 0.293 e. The molecular formula is C25H23FN4O4. The van der Waals surface area contributed by atoms with Gasteiger partial charge in [0.1, 0.15) is 22.8 Å². The number of carbonyl (C=O) groups excluding carboxylic acids is 1. The number of amides is 1. The summed E-state index contributed by atoms with van der Waals surface area (Å²) >= 11 is 0. The predicted octanol–water partition coefficient (Wildman–Crippen LogP) is 3.45. The van der Waals surface area contributed by atoms with Crippen molar-refractivity contribution in [1.82, 2.24) is 19.0 Å². The number of carbonyl (C=O) groups is 1. The van der Waals surface area contributed by atoms with Gasteiger partial charge in [-0.2, -0.15) is 0 Å². The van der Waals surface area contributed by atoms with E-state index in [1.165, 1.54) is 26.2 Å². The molecule has 0 fully saturated rings. The molecule has 174 valence electrons. The molecule has 1 N–H and O–H groups in total. The third-order valence-electron chi connectivity index (χ3n) is 6.26. The Hall–Kier alpha value is -4.14. The normalized spacial score (nSPS) is 13.3. The lowest BCUT2D eigenvalue weighted by Crippen LogP contribution is -2.31. The van der Waals surface area contributed by atoms with E-state index in [1.807, 2.05) is 6.92 Å². The fourth-order valence-corrected chi connectivity index (χ4v) is 4.45. The fourth-order valence-electron chi connectivity index (χ4n) is 4.45. The Kier molecular flexibility index (Phi) is 4.93. The van der Waals surface area contributed by atoms with Crippen molar-refractivity contribution >= 4 is 16.8 Å². The topological polar surface area (TPSA) is 89.3 Å². The molecule has 2 bridgehead atoms. The Labute approximate surface area is 193 Å². The minimum Gasteiger partial charge on any atom is -0.450 e. The molecule has 0 spiro atoms. The van der Waals surface area contributed by atoms with E-state index in [-0.39, 0.29) is 40.5 Å². The number of hydrogen-bond acceptors (Lipinski definition) is 4. The van der Waals surface area contributed by atoms with E-state index in [4.69, 9.17) is 4.74 Å². The summed E-state index contributed by atoms with van der Waals surface area (Å²) in [5.74, 6) is -0.420. The zero-order valence-corrected chi connectivity index (χ0v) is 19.2. The van der Waals surface area contributed by atoms with Gasteiger partial charge in [-0.05, 0) is 43.7 Å². The number of benzene rings is 1. The molecule has 8 nitrogen and oxygen atoms in total. The van der Waals surface area contributed by atoms with Gasteiger partial charge in [0, 0.05) is 61.7 Å². The van der Waals surface area contributed by atoms with Gasteiger partial charge in [-0.15, -0.1) is 0 Å². The molecule has 4 heterocycles. The van der Waals surface area contributed by atoms with Gasteiger partial charge in [-0.3, -0.25) is 14.4 Å². The average molecular weight is 462 g/mol. The largest absolute Gasteiger partial charge is 0.450 e. The number of nitrogens with zero attached hydrogens (tertiary/aromatic N) is 3. The summed E-state index contributed by atoms with van der Waals surface area (Å²) in [6.07, 6.45) is 3.24. The fraction of sp³-hybridized carbons (Fsp3) is 0.240. The van der Waals surface area contributed by atoms with Crippen LogP contribution in [0.25, 0.3) is 22.0 Å². The number of hydrogen-bond donors (Lipinski definition) is 1. The maximum Gasteiger partial charge on any atom is 0.293 e. The summed E-state index contributed by atoms with van der Waals surface area (Å²) in [7, 11) is 3.22. The minimum absolute atomic E-state index is 0.0543. The Morgan fingerprint density at radius 1 is 1.03 bits per heavy atom. The molecule has 5 rings (SSSR count). The average Bonchev–Trinajstić information content (AvgIpc) is 3.24. The monoisotopic (exact) mass is 462 g/mol. The molecule has 3 aromatic heterocycles. The van der Waals surface area contributed by atoms with Gasteiger partial charge < -0.3 is 23.8 Å². The van der Waals surface area contributed by atoms with Crippen LogP contribution >= 0.6 is 0 Å². The van der Waals surface area contributed by atoms with E-state index in [9.17, 15) is 18.8 Å². The number of nitrogens with one attached hydrogen (secondary N) is 1. The number of fused-ring (bicyclic) bond motifs is 4. The van der Waals surface area contributed by atoms with E-state index in [0.29, 0.717) is 39.9 Å². The van der Waals surface area contributed by atoms with Crippen molar-refractivity contribution in [2.45, 2.75) is 20.4 Å². The third-order valence-corrected chi connectivity index (χ3v) is 6.26. The van der Waals surface area contributed by atoms with E-state index >= 15 is 0 Å². The van der Waals surface area contributed by atoms with Gasteiger partial charge >= 0.3 is 0 Å². The second kappa shape index (κ2) is 7.72. The summed E-state index contributed by atoms with van der Waals surface area (Å²) in [5.41, 5.74) is 1.76. The molecule has 0 unspecified atom stereocenters. The second-order valence-corrected chi connectivity index (χ2v) is 8.54. The van der Waals surface area contributed by atoms with Crippen molar-refractivity contribution in [3.05, 3.63) is 80.0 Å². The first-order chi connectivity index (χ1) is 16.2. The van der Waals surface area contributed by atoms with Crippen LogP contribution in [0.2, 0.25) is 0 Å². The SMILES string of the molecule is CCN1Cc2cc(F)cc(C)c2Oc2c(ccn(C)c2=O)-c2cn(C)c(=O)c3[nH]c(cc23)C1=O. The molecule has 1 amide bonds. The molecule has 0 radical (unpaired) electrons. The third kappa shape index (κ3) is 3.23. The summed E-state index contributed by atoms with van der Waals surface area (Å²) in [6, 6.07) is 6.00. The maximum absolute atomic E-state index is 14.4. The van der Waals surface area contributed by atoms with E-state index in [2.05, 4.69) is 4.98 Å². The molecule has 34 heavy (non-hydrogen) atoms. The highest BCUT2D eigenvalue weighted by atomic mass is 19.1. The van der Waals surface area contributed by atoms with Crippen molar-refractivity contribution < 1.29 is 13.9 Å². The van der Waals surface area contributed by atoms with Crippen LogP contribution in [-0.4, -0.2) is 31.5 Å². The Morgan fingerprint density at radius 2 is 1.79 bits per heavy atom. The van der Waals surface area contributed by atoms with Crippen molar-refractivity contribution in [2.75, 3.05) is 6.54 Å². The van der Waals surface area contributed by atoms with Crippen LogP contribution in [0.15, 0.2) is 46.2 Å². The number of aromatic amines is 1. The number of halogens is 1. The zero-order chi connectivity index (χ0) is 24.3. The number of aryl methyl sites for hydroxylation is 3. The maximum atomic E-state index is 14.4. The molecule has 4 aromatic rings. The quantitative estimate of drug-likeness (QED) is 0.469. The van der Waals surface area contributed by atoms with Gasteiger partial charge in [-0.25, -0.2) is 4.39 Å². The first-order valence-corrected chi connectivity index (χ1v) is 10.9. The lowest BCUT2D eigenvalue weighted by Gasteiger charge is -2.23. The van der Waals surface area contributed by atoms with Gasteiger partial charge in [0.25, 0.3) is 17.0 Å². The molecule has 1 aliphatic heterocycles. The van der Waals surface area contributed by atoms with Crippen molar-refractivity contribution in [2.24, 2.45) is 14.1 Å². The standard InChI is InChI=1S/C25H23FN4O4/c1-5-30-11-14-9-15(26)8-13(2)21(14)34-22-16(6-7-28(3)25(22)33)18-12-29(4)24(32)20-17(18)10-19(27-20)23(30)31/h6-10,12,27H,5,11H2,1-4H3. The molecular weight excluding hydrogens is 439 g/mol. The summed E-state index contributed by atoms with van der Waals surface area (Å²) in [4.78, 5) is 44.0. The molecule has 0 atom stereocenters. The summed E-state index contributed by atoms with van der Waals surface area (Å²) in [6.45, 7) is 3.91. The highest BCUT2D eigenvalue weighted by Crippen LogP contribution is 2.38. The summed E-state index contributed by atoms with van der Waals surface area (Å²) < 4.78 is 23.4. The Morgan fingerprint density at radius 3 is 2.53 bits per heavy atom. The lowest BCUT2D eigenvalue weighted by molar-refractivity contribution is 0.0746. The van der Waals surface area contributed by atoms with Gasteiger partial charge in [0.05, 0.1) is 0 Å². The highest BCUT2D eigenvalue weighted by molar-refractivity contribution is 6.03. The van der Waals surface area contributed by atoms with Crippen LogP contribution in [0.5, 0.6) is 11.5 Å². The van der Waals surface area contributed by atoms with Crippen LogP contribution in [0, 0.1) is 12.7 Å². The van der Waals surface area contributed by atoms with Crippen molar-refractivity contribution in [3.63, 3.8) is 0 Å². The van der Waals surface area contributed by atoms with Crippen molar-refractivity contribution in [1.29, 1.82) is 0 Å². The molecule has 0 saturated carbocycles. The molecule has 0 aliphatic carbocycles. The predicted molar refractivity (Wildman–Crippen MR) is 126 cm³/mol. The van der Waals surface area contributed by atoms with Gasteiger partial charge in [0.15, 0.2) is 5.75 Å². The van der Waals surface area contributed by atoms with Crippen molar-refractivity contribution in [3.8, 4) is 22.6 Å². The number of pyridine rings is 2. The van der Waals surface area contributed by atoms with Crippen LogP contribution < -0.4 is 15.9 Å². The van der Waals surface area contributed by atoms with Gasteiger partial charge in [0.2, 0.25) is 0 Å². The van der Waals surface area contributed by atoms with Gasteiger partial charge in [-0.1, -0.05) is 0 Å². The minimum atomic E-state index is -0.466. The molecule has 1 aliphatic rings. The molecule has 9 heteroatoms. The number of aromatic nitrogens is 3. The second-order valence-electron chi connectivity index (χ2n) is 8.54. The van der Waals surface area contributed by atoms with Crippen LogP contribution in [0.4, 0.5) is 4.39 Å². The van der Waals surface area contributed by atoms with Crippen LogP contribution in [0.3, 0.4) is 0 Å².